The summed E-state index contributed by atoms with van der Waals surface area (Å²) in [6.07, 6.45) is 9.23. The maximum Gasteiger partial charge on any atom is 0.274 e. The Bertz CT molecular complexity index is 815. The van der Waals surface area contributed by atoms with Crippen molar-refractivity contribution in [3.63, 3.8) is 0 Å². The van der Waals surface area contributed by atoms with E-state index in [9.17, 15) is 4.79 Å². The molecule has 1 amide bonds. The molecule has 1 aromatic heterocycles. The van der Waals surface area contributed by atoms with E-state index in [1.807, 2.05) is 4.90 Å². The molecule has 0 bridgehead atoms. The van der Waals surface area contributed by atoms with E-state index in [-0.39, 0.29) is 12.0 Å². The van der Waals surface area contributed by atoms with Crippen molar-refractivity contribution in [3.8, 4) is 0 Å². The Hall–Kier alpha value is -2.31. The van der Waals surface area contributed by atoms with E-state index >= 15 is 0 Å². The number of likely N-dealkylation sites (tertiary alicyclic amines) is 1. The molecule has 0 saturated carbocycles. The van der Waals surface area contributed by atoms with Crippen molar-refractivity contribution < 1.29 is 9.53 Å². The third-order valence-electron chi connectivity index (χ3n) is 6.36. The van der Waals surface area contributed by atoms with Gasteiger partial charge < -0.3 is 9.64 Å². The first-order valence-corrected chi connectivity index (χ1v) is 11.1. The first-order valence-electron chi connectivity index (χ1n) is 11.1. The molecule has 0 aliphatic carbocycles. The van der Waals surface area contributed by atoms with Crippen molar-refractivity contribution in [2.75, 3.05) is 32.8 Å². The van der Waals surface area contributed by atoms with Gasteiger partial charge in [-0.2, -0.15) is 0 Å². The van der Waals surface area contributed by atoms with Gasteiger partial charge in [0.1, 0.15) is 5.69 Å². The summed E-state index contributed by atoms with van der Waals surface area (Å²) < 4.78 is 5.82. The second-order valence-corrected chi connectivity index (χ2v) is 8.58. The first-order chi connectivity index (χ1) is 14.7. The molecule has 160 valence electrons. The fourth-order valence-corrected chi connectivity index (χ4v) is 4.51. The van der Waals surface area contributed by atoms with Crippen LogP contribution < -0.4 is 0 Å². The Kier molecular flexibility index (Phi) is 7.07. The van der Waals surface area contributed by atoms with Crippen LogP contribution in [0.2, 0.25) is 0 Å². The molecule has 2 aliphatic heterocycles. The number of rotatable bonds is 7. The van der Waals surface area contributed by atoms with E-state index in [1.54, 1.807) is 18.6 Å². The average Bonchev–Trinajstić information content (AvgIpc) is 3.29. The second kappa shape index (κ2) is 10.1. The minimum atomic E-state index is -0.0269. The van der Waals surface area contributed by atoms with Gasteiger partial charge in [-0.3, -0.25) is 14.7 Å². The molecule has 0 radical (unpaired) electrons. The van der Waals surface area contributed by atoms with E-state index < -0.39 is 0 Å². The molecule has 2 aliphatic rings. The number of carbonyl (C=O) groups excluding carboxylic acids is 1. The van der Waals surface area contributed by atoms with Crippen LogP contribution in [0, 0.1) is 12.8 Å². The molecule has 6 heteroatoms. The first kappa shape index (κ1) is 20.9. The molecule has 1 aromatic carbocycles. The Balaban J connectivity index is 1.35. The third kappa shape index (κ3) is 5.43. The molecule has 2 aromatic rings. The molecule has 2 saturated heterocycles. The van der Waals surface area contributed by atoms with Crippen molar-refractivity contribution in [2.45, 2.75) is 45.3 Å². The topological polar surface area (TPSA) is 58.6 Å². The van der Waals surface area contributed by atoms with Gasteiger partial charge in [0, 0.05) is 38.6 Å². The molecule has 4 rings (SSSR count). The Morgan fingerprint density at radius 1 is 1.17 bits per heavy atom. The van der Waals surface area contributed by atoms with Crippen LogP contribution in [0.3, 0.4) is 0 Å². The molecule has 1 atom stereocenters. The van der Waals surface area contributed by atoms with Gasteiger partial charge in [-0.1, -0.05) is 24.3 Å². The molecule has 3 heterocycles. The van der Waals surface area contributed by atoms with Gasteiger partial charge in [-0.05, 0) is 62.7 Å². The molecule has 1 unspecified atom stereocenters. The van der Waals surface area contributed by atoms with Gasteiger partial charge in [0.05, 0.1) is 12.3 Å². The van der Waals surface area contributed by atoms with Crippen molar-refractivity contribution in [1.82, 2.24) is 19.8 Å². The second-order valence-electron chi connectivity index (χ2n) is 8.58. The predicted molar refractivity (Wildman–Crippen MR) is 116 cm³/mol. The molecular weight excluding hydrogens is 376 g/mol. The minimum Gasteiger partial charge on any atom is -0.376 e. The number of carbonyl (C=O) groups is 1. The number of benzene rings is 1. The maximum atomic E-state index is 13.1. The van der Waals surface area contributed by atoms with Gasteiger partial charge in [-0.25, -0.2) is 4.98 Å². The van der Waals surface area contributed by atoms with Crippen molar-refractivity contribution in [3.05, 3.63) is 59.7 Å². The lowest BCUT2D eigenvalue weighted by Gasteiger charge is -2.35. The summed E-state index contributed by atoms with van der Waals surface area (Å²) in [7, 11) is 0. The van der Waals surface area contributed by atoms with Gasteiger partial charge in [-0.15, -0.1) is 0 Å². The summed E-state index contributed by atoms with van der Waals surface area (Å²) in [5, 5.41) is 0. The van der Waals surface area contributed by atoms with Gasteiger partial charge in [0.15, 0.2) is 0 Å². The predicted octanol–water partition coefficient (Wildman–Crippen LogP) is 3.32. The zero-order chi connectivity index (χ0) is 20.8. The Morgan fingerprint density at radius 3 is 2.70 bits per heavy atom. The summed E-state index contributed by atoms with van der Waals surface area (Å²) >= 11 is 0. The quantitative estimate of drug-likeness (QED) is 0.703. The smallest absolute Gasteiger partial charge is 0.274 e. The summed E-state index contributed by atoms with van der Waals surface area (Å²) in [5.74, 6) is 0.487. The fraction of sp³-hybridized carbons (Fsp3) is 0.542. The van der Waals surface area contributed by atoms with Crippen LogP contribution in [0.25, 0.3) is 0 Å². The number of amides is 1. The summed E-state index contributed by atoms with van der Waals surface area (Å²) in [6.45, 7) is 7.57. The third-order valence-corrected chi connectivity index (χ3v) is 6.36. The maximum absolute atomic E-state index is 13.1. The normalized spacial score (nSPS) is 20.4. The number of aryl methyl sites for hydroxylation is 1. The molecule has 0 spiro atoms. The van der Waals surface area contributed by atoms with Crippen LogP contribution in [0.15, 0.2) is 42.9 Å². The van der Waals surface area contributed by atoms with Crippen LogP contribution >= 0.6 is 0 Å². The SMILES string of the molecule is Cc1ccccc1CN1CCC(CN(CC2CCCO2)C(=O)c2cnccn2)CC1. The zero-order valence-electron chi connectivity index (χ0n) is 17.9. The van der Waals surface area contributed by atoms with Crippen LogP contribution in [-0.2, 0) is 11.3 Å². The minimum absolute atomic E-state index is 0.0269. The standard InChI is InChI=1S/C24H32N4O2/c1-19-5-2-3-6-21(19)17-27-12-8-20(9-13-27)16-28(18-22-7-4-14-30-22)24(29)23-15-25-10-11-26-23/h2-3,5-6,10-11,15,20,22H,4,7-9,12-14,16-18H2,1H3. The highest BCUT2D eigenvalue weighted by molar-refractivity contribution is 5.92. The molecule has 30 heavy (non-hydrogen) atoms. The summed E-state index contributed by atoms with van der Waals surface area (Å²) in [5.41, 5.74) is 3.19. The number of hydrogen-bond acceptors (Lipinski definition) is 5. The Morgan fingerprint density at radius 2 is 2.00 bits per heavy atom. The zero-order valence-corrected chi connectivity index (χ0v) is 17.9. The van der Waals surface area contributed by atoms with Gasteiger partial charge >= 0.3 is 0 Å². The highest BCUT2D eigenvalue weighted by Gasteiger charge is 2.28. The summed E-state index contributed by atoms with van der Waals surface area (Å²) in [6, 6.07) is 8.63. The van der Waals surface area contributed by atoms with Gasteiger partial charge in [0.2, 0.25) is 0 Å². The molecular formula is C24H32N4O2. The van der Waals surface area contributed by atoms with Crippen LogP contribution in [-0.4, -0.2) is 64.6 Å². The molecule has 2 fully saturated rings. The Labute approximate surface area is 179 Å². The number of ether oxygens (including phenoxy) is 1. The number of nitrogens with zero attached hydrogens (tertiary/aromatic N) is 4. The fourth-order valence-electron chi connectivity index (χ4n) is 4.51. The largest absolute Gasteiger partial charge is 0.376 e. The summed E-state index contributed by atoms with van der Waals surface area (Å²) in [4.78, 5) is 25.9. The van der Waals surface area contributed by atoms with Crippen LogP contribution in [0.4, 0.5) is 0 Å². The number of aromatic nitrogens is 2. The van der Waals surface area contributed by atoms with E-state index in [4.69, 9.17) is 4.74 Å². The highest BCUT2D eigenvalue weighted by Crippen LogP contribution is 2.23. The van der Waals surface area contributed by atoms with E-state index in [0.717, 1.165) is 58.5 Å². The lowest BCUT2D eigenvalue weighted by atomic mass is 9.95. The molecule has 6 nitrogen and oxygen atoms in total. The van der Waals surface area contributed by atoms with Crippen molar-refractivity contribution in [2.24, 2.45) is 5.92 Å². The number of piperidine rings is 1. The van der Waals surface area contributed by atoms with Gasteiger partial charge in [0.25, 0.3) is 5.91 Å². The number of hydrogen-bond donors (Lipinski definition) is 0. The van der Waals surface area contributed by atoms with Crippen molar-refractivity contribution >= 4 is 5.91 Å². The highest BCUT2D eigenvalue weighted by atomic mass is 16.5. The lowest BCUT2D eigenvalue weighted by Crippen LogP contribution is -2.43. The average molecular weight is 409 g/mol. The van der Waals surface area contributed by atoms with Crippen LogP contribution in [0.1, 0.15) is 47.3 Å². The molecule has 0 N–H and O–H groups in total. The monoisotopic (exact) mass is 408 g/mol. The van der Waals surface area contributed by atoms with Crippen molar-refractivity contribution in [1.29, 1.82) is 0 Å². The van der Waals surface area contributed by atoms with E-state index in [2.05, 4.69) is 46.1 Å². The van der Waals surface area contributed by atoms with E-state index in [0.29, 0.717) is 18.2 Å². The van der Waals surface area contributed by atoms with E-state index in [1.165, 1.54) is 11.1 Å². The van der Waals surface area contributed by atoms with Crippen LogP contribution in [0.5, 0.6) is 0 Å². The lowest BCUT2D eigenvalue weighted by molar-refractivity contribution is 0.0440.